The number of nitrogens with two attached hydrogens (primary N) is 1. The van der Waals surface area contributed by atoms with Crippen LogP contribution in [0.25, 0.3) is 22.0 Å². The van der Waals surface area contributed by atoms with Crippen molar-refractivity contribution in [2.24, 2.45) is 30.0 Å². The molecule has 5 N–H and O–H groups in total. The van der Waals surface area contributed by atoms with Crippen LogP contribution in [0.4, 0.5) is 19.4 Å². The van der Waals surface area contributed by atoms with Crippen LogP contribution in [0.2, 0.25) is 5.02 Å². The van der Waals surface area contributed by atoms with Crippen LogP contribution in [0, 0.1) is 28.9 Å². The van der Waals surface area contributed by atoms with Crippen LogP contribution < -0.4 is 30.7 Å². The highest BCUT2D eigenvalue weighted by Gasteiger charge is 2.50. The molecule has 5 amide bonds. The molecule has 4 aliphatic heterocycles. The Kier molecular flexibility index (Phi) is 14.7. The number of aliphatic hydroxyl groups is 1. The number of carbonyl (C=O) groups is 4. The minimum Gasteiger partial charge on any atom is -0.488 e. The average molecular weight is 1050 g/mol. The first kappa shape index (κ1) is 52.3. The summed E-state index contributed by atoms with van der Waals surface area (Å²) in [6.07, 6.45) is 6.27. The Morgan fingerprint density at radius 1 is 0.960 bits per heavy atom. The van der Waals surface area contributed by atoms with Crippen molar-refractivity contribution in [3.05, 3.63) is 106 Å². The summed E-state index contributed by atoms with van der Waals surface area (Å²) in [5.74, 6) is -2.07. The lowest BCUT2D eigenvalue weighted by atomic mass is 9.70. The molecule has 1 saturated carbocycles. The van der Waals surface area contributed by atoms with E-state index >= 15 is 8.78 Å². The lowest BCUT2D eigenvalue weighted by molar-refractivity contribution is -0.138. The summed E-state index contributed by atoms with van der Waals surface area (Å²) in [5.41, 5.74) is 7.56. The molecule has 5 heterocycles. The number of piperidine rings is 2. The number of nitrogens with zero attached hydrogens (tertiary/aromatic N) is 5. The van der Waals surface area contributed by atoms with Gasteiger partial charge < -0.3 is 35.4 Å². The van der Waals surface area contributed by atoms with E-state index in [1.165, 1.54) is 23.8 Å². The summed E-state index contributed by atoms with van der Waals surface area (Å²) in [5, 5.41) is 20.7. The number of nitrogens with one attached hydrogen (secondary N) is 2. The molecule has 0 bridgehead atoms. The van der Waals surface area contributed by atoms with E-state index in [0.717, 1.165) is 94.1 Å². The molecule has 1 unspecified atom stereocenters. The van der Waals surface area contributed by atoms with Gasteiger partial charge in [-0.3, -0.25) is 29.3 Å². The molecule has 1 aromatic heterocycles. The van der Waals surface area contributed by atoms with E-state index in [9.17, 15) is 24.3 Å². The van der Waals surface area contributed by atoms with Crippen LogP contribution in [0.5, 0.6) is 11.5 Å². The van der Waals surface area contributed by atoms with E-state index in [0.29, 0.717) is 36.3 Å². The van der Waals surface area contributed by atoms with Gasteiger partial charge in [0.1, 0.15) is 18.2 Å². The van der Waals surface area contributed by atoms with Crippen LogP contribution in [-0.2, 0) is 22.2 Å². The van der Waals surface area contributed by atoms with Gasteiger partial charge in [-0.2, -0.15) is 5.10 Å². The Bertz CT molecular complexity index is 3010. The standard InChI is InChI=1S/C57H67ClF2N8O7/c1-33-47-45(29-42(59)50(58)49(47)48-40(52(61)71)16-17-44(51(48)60)74-27-26-69)75-57(33,37-8-6-5-7-9-37)31-62-38-13-10-35(11-14-38)54(72)67-23-18-34(19-24-67)30-66-22-20-41(56(2,3)32-66)36-12-15-39-43(28-36)65(4)64-53(39)68-25-21-46(70)63-55(68)73/h5-9,12,15-17,28-29,33-35,38,41,62,69H,10-11,13-14,18-27,30-32H2,1-4H3,(H2,61,71)(H,63,70,73)/t33-,35?,38?,41?,57-/m0/s1. The number of primary amides is 1. The summed E-state index contributed by atoms with van der Waals surface area (Å²) >= 11 is 6.74. The average Bonchev–Trinajstić information content (AvgIpc) is 3.90. The molecule has 3 atom stereocenters. The number of halogens is 3. The molecule has 10 rings (SSSR count). The van der Waals surface area contributed by atoms with Gasteiger partial charge in [-0.1, -0.05) is 68.8 Å². The highest BCUT2D eigenvalue weighted by atomic mass is 35.5. The topological polar surface area (TPSA) is 185 Å². The minimum atomic E-state index is -1.10. The summed E-state index contributed by atoms with van der Waals surface area (Å²) in [7, 11) is 1.90. The second-order valence-corrected chi connectivity index (χ2v) is 22.4. The molecule has 5 aromatic rings. The number of aromatic nitrogens is 2. The van der Waals surface area contributed by atoms with Crippen LogP contribution in [0.1, 0.15) is 111 Å². The molecule has 18 heteroatoms. The number of likely N-dealkylation sites (tertiary alicyclic amines) is 2. The molecule has 1 aliphatic carbocycles. The molecule has 0 radical (unpaired) electrons. The van der Waals surface area contributed by atoms with E-state index in [4.69, 9.17) is 31.9 Å². The third-order valence-corrected chi connectivity index (χ3v) is 17.3. The van der Waals surface area contributed by atoms with Gasteiger partial charge in [-0.25, -0.2) is 13.6 Å². The van der Waals surface area contributed by atoms with Crippen LogP contribution >= 0.6 is 11.6 Å². The fourth-order valence-electron chi connectivity index (χ4n) is 13.0. The quantitative estimate of drug-likeness (QED) is 0.0843. The molecule has 4 fully saturated rings. The number of amides is 5. The summed E-state index contributed by atoms with van der Waals surface area (Å²) in [6, 6.07) is 19.4. The molecule has 15 nitrogen and oxygen atoms in total. The van der Waals surface area contributed by atoms with Crippen molar-refractivity contribution in [3.8, 4) is 22.6 Å². The maximum absolute atomic E-state index is 16.5. The zero-order valence-corrected chi connectivity index (χ0v) is 43.9. The molecule has 0 spiro atoms. The van der Waals surface area contributed by atoms with E-state index in [1.54, 1.807) is 4.90 Å². The summed E-state index contributed by atoms with van der Waals surface area (Å²) in [6.45, 7) is 11.1. The number of hydrogen-bond acceptors (Lipinski definition) is 10. The molecule has 75 heavy (non-hydrogen) atoms. The highest BCUT2D eigenvalue weighted by Crippen LogP contribution is 2.57. The van der Waals surface area contributed by atoms with E-state index < -0.39 is 40.1 Å². The first-order valence-electron chi connectivity index (χ1n) is 26.4. The smallest absolute Gasteiger partial charge is 0.329 e. The number of anilines is 1. The van der Waals surface area contributed by atoms with Gasteiger partial charge in [0, 0.05) is 98.8 Å². The van der Waals surface area contributed by atoms with E-state index in [-0.39, 0.29) is 77.0 Å². The van der Waals surface area contributed by atoms with Gasteiger partial charge in [0.2, 0.25) is 17.7 Å². The Hall–Kier alpha value is -6.14. The Balaban J connectivity index is 0.744. The van der Waals surface area contributed by atoms with Crippen molar-refractivity contribution in [1.29, 1.82) is 0 Å². The number of ether oxygens (including phenoxy) is 2. The molecular weight excluding hydrogens is 982 g/mol. The van der Waals surface area contributed by atoms with Gasteiger partial charge in [-0.05, 0) is 104 Å². The highest BCUT2D eigenvalue weighted by molar-refractivity contribution is 6.34. The van der Waals surface area contributed by atoms with Crippen molar-refractivity contribution in [2.75, 3.05) is 63.9 Å². The third-order valence-electron chi connectivity index (χ3n) is 16.9. The number of benzene rings is 4. The Morgan fingerprint density at radius 3 is 2.40 bits per heavy atom. The van der Waals surface area contributed by atoms with Crippen molar-refractivity contribution in [2.45, 2.75) is 95.6 Å². The number of urea groups is 1. The number of imide groups is 1. The predicted molar refractivity (Wildman–Crippen MR) is 282 cm³/mol. The normalized spacial score (nSPS) is 24.3. The minimum absolute atomic E-state index is 0.0147. The zero-order valence-electron chi connectivity index (χ0n) is 43.1. The number of aryl methyl sites for hydroxylation is 1. The second kappa shape index (κ2) is 21.1. The maximum atomic E-state index is 16.5. The van der Waals surface area contributed by atoms with Gasteiger partial charge in [0.25, 0.3) is 0 Å². The Morgan fingerprint density at radius 2 is 1.71 bits per heavy atom. The monoisotopic (exact) mass is 1050 g/mol. The summed E-state index contributed by atoms with van der Waals surface area (Å²) in [4.78, 5) is 57.6. The maximum Gasteiger partial charge on any atom is 0.329 e. The SMILES string of the molecule is C[C@H]1c2c(cc(F)c(Cl)c2-c2c(C(N)=O)ccc(OCCO)c2F)O[C@]1(CNC1CCC(C(=O)N2CCC(CN3CCC(c4ccc5c(N6CCC(=O)NC6=O)nn(C)c5c4)C(C)(C)C3)CC2)CC1)c1ccccc1. The molecule has 4 aromatic carbocycles. The fraction of sp³-hybridized carbons (Fsp3) is 0.491. The number of hydrogen-bond donors (Lipinski definition) is 4. The first-order valence-corrected chi connectivity index (χ1v) is 26.8. The van der Waals surface area contributed by atoms with Crippen molar-refractivity contribution >= 4 is 52.1 Å². The predicted octanol–water partition coefficient (Wildman–Crippen LogP) is 8.38. The Labute approximate surface area is 441 Å². The lowest BCUT2D eigenvalue weighted by Crippen LogP contribution is -2.50. The van der Waals surface area contributed by atoms with Crippen molar-refractivity contribution in [1.82, 2.24) is 30.2 Å². The largest absolute Gasteiger partial charge is 0.488 e. The van der Waals surface area contributed by atoms with Crippen molar-refractivity contribution < 1.29 is 42.5 Å². The van der Waals surface area contributed by atoms with E-state index in [1.807, 2.05) is 49.0 Å². The van der Waals surface area contributed by atoms with Crippen molar-refractivity contribution in [3.63, 3.8) is 0 Å². The van der Waals surface area contributed by atoms with Crippen LogP contribution in [0.15, 0.2) is 66.7 Å². The first-order chi connectivity index (χ1) is 36.0. The third kappa shape index (κ3) is 9.97. The number of fused-ring (bicyclic) bond motifs is 2. The molecule has 398 valence electrons. The molecular formula is C57H67ClF2N8O7. The second-order valence-electron chi connectivity index (χ2n) is 22.0. The van der Waals surface area contributed by atoms with Gasteiger partial charge in [0.05, 0.1) is 22.7 Å². The number of aliphatic hydroxyl groups excluding tert-OH is 1. The number of carbonyl (C=O) groups excluding carboxylic acids is 4. The van der Waals surface area contributed by atoms with E-state index in [2.05, 4.69) is 52.5 Å². The van der Waals surface area contributed by atoms with Gasteiger partial charge >= 0.3 is 6.03 Å². The zero-order chi connectivity index (χ0) is 52.9. The fourth-order valence-corrected chi connectivity index (χ4v) is 13.2. The lowest BCUT2D eigenvalue weighted by Gasteiger charge is -2.46. The number of rotatable bonds is 14. The summed E-state index contributed by atoms with van der Waals surface area (Å²) < 4.78 is 46.5. The van der Waals surface area contributed by atoms with Gasteiger partial charge in [0.15, 0.2) is 23.0 Å². The van der Waals surface area contributed by atoms with Crippen LogP contribution in [-0.4, -0.2) is 114 Å². The van der Waals surface area contributed by atoms with Gasteiger partial charge in [-0.15, -0.1) is 0 Å². The molecule has 5 aliphatic rings. The molecule has 3 saturated heterocycles. The van der Waals surface area contributed by atoms with Crippen LogP contribution in [0.3, 0.4) is 0 Å².